The van der Waals surface area contributed by atoms with Crippen LogP contribution in [0.25, 0.3) is 11.5 Å². The number of rotatable bonds is 13. The predicted molar refractivity (Wildman–Crippen MR) is 132 cm³/mol. The van der Waals surface area contributed by atoms with E-state index in [0.717, 1.165) is 19.5 Å². The van der Waals surface area contributed by atoms with E-state index < -0.39 is 36.3 Å². The Morgan fingerprint density at radius 1 is 1.19 bits per heavy atom. The van der Waals surface area contributed by atoms with Crippen molar-refractivity contribution in [3.05, 3.63) is 29.6 Å². The maximum atomic E-state index is 13.1. The number of aromatic nitrogens is 2. The molecule has 2 amide bonds. The summed E-state index contributed by atoms with van der Waals surface area (Å²) in [5, 5.41) is 18.3. The number of hydrogen-bond donors (Lipinski definition) is 3. The molecule has 1 saturated heterocycles. The normalized spacial score (nSPS) is 14.9. The maximum Gasteiger partial charge on any atom is 0.305 e. The molecule has 2 atom stereocenters. The van der Waals surface area contributed by atoms with Crippen LogP contribution < -0.4 is 15.4 Å². The molecule has 0 spiro atoms. The van der Waals surface area contributed by atoms with Crippen molar-refractivity contribution >= 4 is 23.6 Å². The maximum absolute atomic E-state index is 13.1. The van der Waals surface area contributed by atoms with Crippen LogP contribution in [0.2, 0.25) is 0 Å². The monoisotopic (exact) mass is 515 g/mol. The number of ether oxygens (including phenoxy) is 1. The molecule has 0 aliphatic carbocycles. The quantitative estimate of drug-likeness (QED) is 0.350. The lowest BCUT2D eigenvalue weighted by Gasteiger charge is -2.31. The summed E-state index contributed by atoms with van der Waals surface area (Å²) in [5.74, 6) is -1.72. The number of aliphatic carboxylic acids is 1. The molecule has 12 heteroatoms. The van der Waals surface area contributed by atoms with E-state index in [1.165, 1.54) is 7.11 Å². The van der Waals surface area contributed by atoms with Crippen LogP contribution in [0, 0.1) is 12.8 Å². The molecule has 3 N–H and O–H groups in total. The number of carbonyl (C=O) groups is 4. The molecule has 0 saturated carbocycles. The van der Waals surface area contributed by atoms with E-state index >= 15 is 0 Å². The van der Waals surface area contributed by atoms with Gasteiger partial charge in [0, 0.05) is 11.1 Å². The summed E-state index contributed by atoms with van der Waals surface area (Å²) in [6, 6.07) is 2.96. The highest BCUT2D eigenvalue weighted by Gasteiger charge is 2.31. The van der Waals surface area contributed by atoms with Gasteiger partial charge in [-0.05, 0) is 50.6 Å². The lowest BCUT2D eigenvalue weighted by molar-refractivity contribution is -0.141. The Balaban J connectivity index is 1.70. The van der Waals surface area contributed by atoms with Crippen molar-refractivity contribution in [2.75, 3.05) is 26.7 Å². The minimum absolute atomic E-state index is 0.0760. The molecule has 1 fully saturated rings. The van der Waals surface area contributed by atoms with E-state index in [2.05, 4.69) is 20.8 Å². The largest absolute Gasteiger partial charge is 0.496 e. The molecular formula is C25H33N5O7. The molecular weight excluding hydrogens is 482 g/mol. The van der Waals surface area contributed by atoms with E-state index in [9.17, 15) is 24.3 Å². The molecule has 2 aromatic rings. The van der Waals surface area contributed by atoms with Crippen LogP contribution >= 0.6 is 0 Å². The average Bonchev–Trinajstić information content (AvgIpc) is 3.24. The van der Waals surface area contributed by atoms with Gasteiger partial charge in [0.25, 0.3) is 5.89 Å². The summed E-state index contributed by atoms with van der Waals surface area (Å²) in [6.45, 7) is 6.80. The summed E-state index contributed by atoms with van der Waals surface area (Å²) in [5.41, 5.74) is 1.16. The van der Waals surface area contributed by atoms with Crippen molar-refractivity contribution in [3.63, 3.8) is 0 Å². The lowest BCUT2D eigenvalue weighted by Crippen LogP contribution is -2.56. The number of methoxy groups -OCH3 is 1. The molecule has 1 aliphatic heterocycles. The SMILES string of the molecule is COc1ccc(-c2nc(C)no2)cc1CC(=O)N[C@H](C(=O)N[C@@H](CC(=O)O)C(=O)CN1CCC1)C(C)C. The van der Waals surface area contributed by atoms with Crippen LogP contribution in [0.1, 0.15) is 38.1 Å². The van der Waals surface area contributed by atoms with Crippen LogP contribution in [0.5, 0.6) is 5.75 Å². The molecule has 200 valence electrons. The van der Waals surface area contributed by atoms with Crippen molar-refractivity contribution in [1.29, 1.82) is 0 Å². The number of ketones is 1. The molecule has 2 heterocycles. The van der Waals surface area contributed by atoms with Gasteiger partial charge in [-0.1, -0.05) is 19.0 Å². The summed E-state index contributed by atoms with van der Waals surface area (Å²) in [6.07, 6.45) is 0.344. The van der Waals surface area contributed by atoms with Crippen LogP contribution in [0.3, 0.4) is 0 Å². The summed E-state index contributed by atoms with van der Waals surface area (Å²) < 4.78 is 10.6. The Bertz CT molecular complexity index is 1140. The summed E-state index contributed by atoms with van der Waals surface area (Å²) in [4.78, 5) is 56.1. The van der Waals surface area contributed by atoms with Gasteiger partial charge < -0.3 is 25.0 Å². The van der Waals surface area contributed by atoms with E-state index in [1.54, 1.807) is 39.0 Å². The number of nitrogens with one attached hydrogen (secondary N) is 2. The van der Waals surface area contributed by atoms with Gasteiger partial charge in [0.05, 0.1) is 32.5 Å². The topological polar surface area (TPSA) is 164 Å². The van der Waals surface area contributed by atoms with Crippen molar-refractivity contribution in [1.82, 2.24) is 25.7 Å². The van der Waals surface area contributed by atoms with E-state index in [-0.39, 0.29) is 24.7 Å². The van der Waals surface area contributed by atoms with E-state index in [1.807, 2.05) is 4.90 Å². The highest BCUT2D eigenvalue weighted by atomic mass is 16.5. The third-order valence-electron chi connectivity index (χ3n) is 6.08. The van der Waals surface area contributed by atoms with Crippen LogP contribution in [-0.4, -0.2) is 82.5 Å². The molecule has 0 bridgehead atoms. The smallest absolute Gasteiger partial charge is 0.305 e. The molecule has 1 aliphatic rings. The van der Waals surface area contributed by atoms with Crippen molar-refractivity contribution in [3.8, 4) is 17.2 Å². The zero-order valence-electron chi connectivity index (χ0n) is 21.4. The number of Topliss-reactive ketones (excluding diaryl/α,β-unsaturated/α-hetero) is 1. The van der Waals surface area contributed by atoms with Crippen molar-refractivity contribution in [2.45, 2.75) is 52.1 Å². The predicted octanol–water partition coefficient (Wildman–Crippen LogP) is 0.971. The number of amides is 2. The highest BCUT2D eigenvalue weighted by molar-refractivity contribution is 5.95. The van der Waals surface area contributed by atoms with Crippen LogP contribution in [0.4, 0.5) is 0 Å². The van der Waals surface area contributed by atoms with E-state index in [4.69, 9.17) is 9.26 Å². The Kier molecular flexibility index (Phi) is 9.34. The van der Waals surface area contributed by atoms with Gasteiger partial charge in [-0.15, -0.1) is 0 Å². The number of carbonyl (C=O) groups excluding carboxylic acids is 3. The third-order valence-corrected chi connectivity index (χ3v) is 6.08. The number of carboxylic acid groups (broad SMARTS) is 1. The molecule has 1 aromatic heterocycles. The number of nitrogens with zero attached hydrogens (tertiary/aromatic N) is 3. The van der Waals surface area contributed by atoms with Gasteiger partial charge in [0.15, 0.2) is 11.6 Å². The van der Waals surface area contributed by atoms with Gasteiger partial charge in [0.1, 0.15) is 11.8 Å². The average molecular weight is 516 g/mol. The zero-order chi connectivity index (χ0) is 27.1. The summed E-state index contributed by atoms with van der Waals surface area (Å²) >= 11 is 0. The molecule has 37 heavy (non-hydrogen) atoms. The molecule has 0 unspecified atom stereocenters. The minimum Gasteiger partial charge on any atom is -0.496 e. The first kappa shape index (κ1) is 27.8. The zero-order valence-corrected chi connectivity index (χ0v) is 21.4. The first-order chi connectivity index (χ1) is 17.6. The second kappa shape index (κ2) is 12.4. The van der Waals surface area contributed by atoms with Gasteiger partial charge in [0.2, 0.25) is 11.8 Å². The standard InChI is InChI=1S/C25H33N5O7/c1-14(2)23(24(35)27-18(12-22(33)34)19(31)13-30-8-5-9-30)28-21(32)11-17-10-16(6-7-20(17)36-4)25-26-15(3)29-37-25/h6-7,10,14,18,23H,5,8-9,11-13H2,1-4H3,(H,27,35)(H,28,32)(H,33,34)/t18-,23-/m0/s1. The van der Waals surface area contributed by atoms with Crippen LogP contribution in [0.15, 0.2) is 22.7 Å². The van der Waals surface area contributed by atoms with Gasteiger partial charge in [-0.3, -0.25) is 24.1 Å². The first-order valence-corrected chi connectivity index (χ1v) is 12.1. The number of benzene rings is 1. The van der Waals surface area contributed by atoms with Crippen molar-refractivity contribution in [2.24, 2.45) is 5.92 Å². The third kappa shape index (κ3) is 7.59. The second-order valence-corrected chi connectivity index (χ2v) is 9.39. The second-order valence-electron chi connectivity index (χ2n) is 9.39. The van der Waals surface area contributed by atoms with Crippen LogP contribution in [-0.2, 0) is 25.6 Å². The Labute approximate surface area is 214 Å². The Hall–Kier alpha value is -3.80. The summed E-state index contributed by atoms with van der Waals surface area (Å²) in [7, 11) is 1.48. The molecule has 1 aromatic carbocycles. The number of hydrogen-bond acceptors (Lipinski definition) is 9. The van der Waals surface area contributed by atoms with Gasteiger partial charge in [-0.2, -0.15) is 4.98 Å². The fourth-order valence-corrected chi connectivity index (χ4v) is 3.95. The first-order valence-electron chi connectivity index (χ1n) is 12.1. The Morgan fingerprint density at radius 3 is 2.46 bits per heavy atom. The lowest BCUT2D eigenvalue weighted by atomic mass is 10.00. The fourth-order valence-electron chi connectivity index (χ4n) is 3.95. The molecule has 0 radical (unpaired) electrons. The fraction of sp³-hybridized carbons (Fsp3) is 0.520. The number of carboxylic acids is 1. The molecule has 3 rings (SSSR count). The van der Waals surface area contributed by atoms with Gasteiger partial charge >= 0.3 is 5.97 Å². The highest BCUT2D eigenvalue weighted by Crippen LogP contribution is 2.26. The van der Waals surface area contributed by atoms with E-state index in [0.29, 0.717) is 28.6 Å². The number of likely N-dealkylation sites (tertiary alicyclic amines) is 1. The van der Waals surface area contributed by atoms with Crippen molar-refractivity contribution < 1.29 is 33.5 Å². The minimum atomic E-state index is -1.20. The Morgan fingerprint density at radius 2 is 1.92 bits per heavy atom. The van der Waals surface area contributed by atoms with Gasteiger partial charge in [-0.25, -0.2) is 0 Å². The number of aryl methyl sites for hydroxylation is 1. The molecule has 12 nitrogen and oxygen atoms in total.